The lowest BCUT2D eigenvalue weighted by Crippen LogP contribution is -2.15. The fourth-order valence-electron chi connectivity index (χ4n) is 2.56. The molecule has 4 aromatic rings. The van der Waals surface area contributed by atoms with Gasteiger partial charge in [0.15, 0.2) is 0 Å². The monoisotopic (exact) mass is 234 g/mol. The summed E-state index contributed by atoms with van der Waals surface area (Å²) in [5.74, 6) is 0. The number of fused-ring (bicyclic) bond motifs is 5. The maximum absolute atomic E-state index is 12.2. The third kappa shape index (κ3) is 1.10. The average Bonchev–Trinajstić information content (AvgIpc) is 2.79. The number of aromatic amines is 1. The molecule has 0 saturated carbocycles. The summed E-state index contributed by atoms with van der Waals surface area (Å²) in [4.78, 5) is 15.1. The van der Waals surface area contributed by atoms with Gasteiger partial charge >= 0.3 is 5.69 Å². The van der Waals surface area contributed by atoms with Gasteiger partial charge in [0.1, 0.15) is 0 Å². The molecule has 0 radical (unpaired) electrons. The number of nitrogens with zero attached hydrogens (tertiary/aromatic N) is 1. The van der Waals surface area contributed by atoms with Crippen LogP contribution in [0.4, 0.5) is 0 Å². The maximum atomic E-state index is 12.2. The highest BCUT2D eigenvalue weighted by molar-refractivity contribution is 6.00. The molecule has 0 amide bonds. The van der Waals surface area contributed by atoms with Gasteiger partial charge in [-0.05, 0) is 18.2 Å². The molecule has 3 heteroatoms. The van der Waals surface area contributed by atoms with Crippen molar-refractivity contribution in [2.45, 2.75) is 0 Å². The summed E-state index contributed by atoms with van der Waals surface area (Å²) in [6.45, 7) is 0. The lowest BCUT2D eigenvalue weighted by molar-refractivity contribution is 1.07. The molecular formula is C15H10N2O. The topological polar surface area (TPSA) is 37.3 Å². The zero-order valence-electron chi connectivity index (χ0n) is 9.55. The van der Waals surface area contributed by atoms with Crippen molar-refractivity contribution in [3.05, 3.63) is 65.1 Å². The molecule has 4 rings (SSSR count). The zero-order valence-corrected chi connectivity index (χ0v) is 9.55. The summed E-state index contributed by atoms with van der Waals surface area (Å²) < 4.78 is 1.73. The van der Waals surface area contributed by atoms with E-state index in [1.54, 1.807) is 4.40 Å². The summed E-state index contributed by atoms with van der Waals surface area (Å²) in [6, 6.07) is 17.8. The van der Waals surface area contributed by atoms with Crippen LogP contribution in [-0.2, 0) is 0 Å². The van der Waals surface area contributed by atoms with E-state index >= 15 is 0 Å². The van der Waals surface area contributed by atoms with Crippen molar-refractivity contribution in [3.8, 4) is 0 Å². The van der Waals surface area contributed by atoms with Crippen molar-refractivity contribution < 1.29 is 0 Å². The SMILES string of the molecule is O=c1[nH]c2ccccc2c2cc3ccccc3n12. The van der Waals surface area contributed by atoms with Crippen LogP contribution in [0.1, 0.15) is 0 Å². The van der Waals surface area contributed by atoms with E-state index < -0.39 is 0 Å². The van der Waals surface area contributed by atoms with Crippen molar-refractivity contribution in [2.24, 2.45) is 0 Å². The molecule has 0 spiro atoms. The standard InChI is InChI=1S/C15H10N2O/c18-15-16-12-7-3-2-6-11(12)14-9-10-5-1-4-8-13(10)17(14)15/h1-9H,(H,16,18). The second-order valence-corrected chi connectivity index (χ2v) is 4.40. The first-order chi connectivity index (χ1) is 8.84. The number of para-hydroxylation sites is 2. The number of hydrogen-bond acceptors (Lipinski definition) is 1. The van der Waals surface area contributed by atoms with E-state index in [2.05, 4.69) is 11.1 Å². The van der Waals surface area contributed by atoms with Gasteiger partial charge in [-0.1, -0.05) is 36.4 Å². The van der Waals surface area contributed by atoms with Crippen molar-refractivity contribution >= 4 is 27.3 Å². The molecule has 0 aliphatic heterocycles. The van der Waals surface area contributed by atoms with Gasteiger partial charge in [-0.25, -0.2) is 4.79 Å². The van der Waals surface area contributed by atoms with Gasteiger partial charge in [0.2, 0.25) is 0 Å². The summed E-state index contributed by atoms with van der Waals surface area (Å²) in [5.41, 5.74) is 2.68. The van der Waals surface area contributed by atoms with E-state index in [9.17, 15) is 4.79 Å². The van der Waals surface area contributed by atoms with Crippen LogP contribution in [0.2, 0.25) is 0 Å². The van der Waals surface area contributed by atoms with Crippen molar-refractivity contribution in [3.63, 3.8) is 0 Å². The number of aromatic nitrogens is 2. The second kappa shape index (κ2) is 3.23. The second-order valence-electron chi connectivity index (χ2n) is 4.40. The van der Waals surface area contributed by atoms with Crippen molar-refractivity contribution in [1.82, 2.24) is 9.38 Å². The molecule has 0 aliphatic rings. The molecule has 3 nitrogen and oxygen atoms in total. The quantitative estimate of drug-likeness (QED) is 0.499. The number of nitrogens with one attached hydrogen (secondary N) is 1. The van der Waals surface area contributed by atoms with E-state index in [4.69, 9.17) is 0 Å². The molecule has 0 saturated heterocycles. The van der Waals surface area contributed by atoms with Gasteiger partial charge in [-0.3, -0.25) is 4.40 Å². The minimum atomic E-state index is -0.0927. The van der Waals surface area contributed by atoms with Gasteiger partial charge in [0.05, 0.1) is 16.6 Å². The highest BCUT2D eigenvalue weighted by Crippen LogP contribution is 2.23. The Morgan fingerprint density at radius 2 is 1.67 bits per heavy atom. The predicted octanol–water partition coefficient (Wildman–Crippen LogP) is 2.93. The Bertz CT molecular complexity index is 947. The van der Waals surface area contributed by atoms with E-state index in [1.807, 2.05) is 48.5 Å². The average molecular weight is 234 g/mol. The Kier molecular flexibility index (Phi) is 1.70. The number of H-pyrrole nitrogens is 1. The van der Waals surface area contributed by atoms with Crippen molar-refractivity contribution in [2.75, 3.05) is 0 Å². The van der Waals surface area contributed by atoms with Crippen LogP contribution < -0.4 is 5.69 Å². The predicted molar refractivity (Wildman–Crippen MR) is 73.0 cm³/mol. The van der Waals surface area contributed by atoms with Crippen LogP contribution in [0.15, 0.2) is 59.4 Å². The molecule has 0 fully saturated rings. The van der Waals surface area contributed by atoms with Gasteiger partial charge in [-0.2, -0.15) is 0 Å². The molecule has 0 atom stereocenters. The molecule has 2 aromatic carbocycles. The number of rotatable bonds is 0. The Labute approximate surface area is 102 Å². The highest BCUT2D eigenvalue weighted by atomic mass is 16.1. The van der Waals surface area contributed by atoms with E-state index in [0.29, 0.717) is 0 Å². The summed E-state index contributed by atoms with van der Waals surface area (Å²) >= 11 is 0. The molecule has 2 heterocycles. The van der Waals surface area contributed by atoms with E-state index in [0.717, 1.165) is 27.3 Å². The lowest BCUT2D eigenvalue weighted by atomic mass is 10.2. The molecule has 0 aliphatic carbocycles. The molecule has 86 valence electrons. The fraction of sp³-hybridized carbons (Fsp3) is 0. The third-order valence-corrected chi connectivity index (χ3v) is 3.36. The third-order valence-electron chi connectivity index (χ3n) is 3.36. The Morgan fingerprint density at radius 3 is 2.61 bits per heavy atom. The first-order valence-corrected chi connectivity index (χ1v) is 5.86. The molecule has 0 unspecified atom stereocenters. The van der Waals surface area contributed by atoms with Crippen LogP contribution in [-0.4, -0.2) is 9.38 Å². The lowest BCUT2D eigenvalue weighted by Gasteiger charge is -2.01. The molecule has 2 aromatic heterocycles. The van der Waals surface area contributed by atoms with Gasteiger partial charge in [0, 0.05) is 10.8 Å². The summed E-state index contributed by atoms with van der Waals surface area (Å²) in [6.07, 6.45) is 0. The molecule has 1 N–H and O–H groups in total. The first-order valence-electron chi connectivity index (χ1n) is 5.86. The van der Waals surface area contributed by atoms with Crippen LogP contribution in [0.5, 0.6) is 0 Å². The fourth-order valence-corrected chi connectivity index (χ4v) is 2.56. The van der Waals surface area contributed by atoms with Crippen LogP contribution in [0.25, 0.3) is 27.3 Å². The Balaban J connectivity index is 2.42. The van der Waals surface area contributed by atoms with Gasteiger partial charge in [-0.15, -0.1) is 0 Å². The largest absolute Gasteiger partial charge is 0.331 e. The molecule has 0 bridgehead atoms. The highest BCUT2D eigenvalue weighted by Gasteiger charge is 2.08. The minimum Gasteiger partial charge on any atom is -0.307 e. The zero-order chi connectivity index (χ0) is 12.1. The maximum Gasteiger partial charge on any atom is 0.331 e. The van der Waals surface area contributed by atoms with Gasteiger partial charge < -0.3 is 4.98 Å². The van der Waals surface area contributed by atoms with Gasteiger partial charge in [0.25, 0.3) is 0 Å². The smallest absolute Gasteiger partial charge is 0.307 e. The van der Waals surface area contributed by atoms with Crippen LogP contribution in [0.3, 0.4) is 0 Å². The molecule has 18 heavy (non-hydrogen) atoms. The van der Waals surface area contributed by atoms with E-state index in [-0.39, 0.29) is 5.69 Å². The van der Waals surface area contributed by atoms with Crippen LogP contribution in [0, 0.1) is 0 Å². The summed E-state index contributed by atoms with van der Waals surface area (Å²) in [7, 11) is 0. The summed E-state index contributed by atoms with van der Waals surface area (Å²) in [5, 5.41) is 2.15. The normalized spacial score (nSPS) is 11.6. The van der Waals surface area contributed by atoms with E-state index in [1.165, 1.54) is 0 Å². The number of benzene rings is 2. The number of hydrogen-bond donors (Lipinski definition) is 1. The Morgan fingerprint density at radius 1 is 0.889 bits per heavy atom. The Hall–Kier alpha value is -2.55. The van der Waals surface area contributed by atoms with Crippen LogP contribution >= 0.6 is 0 Å². The molecular weight excluding hydrogens is 224 g/mol. The first kappa shape index (κ1) is 9.48. The van der Waals surface area contributed by atoms with Crippen molar-refractivity contribution in [1.29, 1.82) is 0 Å². The minimum absolute atomic E-state index is 0.0927.